The number of hydrogen-bond acceptors (Lipinski definition) is 3. The minimum absolute atomic E-state index is 0.00488. The first-order valence-corrected chi connectivity index (χ1v) is 7.46. The Morgan fingerprint density at radius 3 is 2.77 bits per heavy atom. The molecule has 1 aliphatic rings. The lowest BCUT2D eigenvalue weighted by Gasteiger charge is -2.22. The van der Waals surface area contributed by atoms with E-state index in [1.807, 2.05) is 0 Å². The maximum absolute atomic E-state index is 13.3. The SMILES string of the molecule is CN(CC1CCCC1O)C(=O)C(=O)Nc1ccc(Cl)c(F)c1. The van der Waals surface area contributed by atoms with Crippen LogP contribution >= 0.6 is 11.6 Å². The number of carbonyl (C=O) groups is 2. The predicted molar refractivity (Wildman–Crippen MR) is 81.0 cm³/mol. The summed E-state index contributed by atoms with van der Waals surface area (Å²) in [5.41, 5.74) is 0.162. The van der Waals surface area contributed by atoms with Gasteiger partial charge in [0, 0.05) is 25.2 Å². The van der Waals surface area contributed by atoms with E-state index in [4.69, 9.17) is 11.6 Å². The molecule has 2 unspecified atom stereocenters. The zero-order valence-electron chi connectivity index (χ0n) is 12.2. The van der Waals surface area contributed by atoms with Gasteiger partial charge in [-0.05, 0) is 31.0 Å². The molecular weight excluding hydrogens is 311 g/mol. The summed E-state index contributed by atoms with van der Waals surface area (Å²) < 4.78 is 13.3. The maximum Gasteiger partial charge on any atom is 0.313 e. The van der Waals surface area contributed by atoms with Gasteiger partial charge in [0.1, 0.15) is 5.82 Å². The van der Waals surface area contributed by atoms with Gasteiger partial charge in [-0.1, -0.05) is 18.0 Å². The summed E-state index contributed by atoms with van der Waals surface area (Å²) in [6.45, 7) is 0.322. The molecule has 1 aliphatic carbocycles. The van der Waals surface area contributed by atoms with Crippen molar-refractivity contribution < 1.29 is 19.1 Å². The Hall–Kier alpha value is -1.66. The third-order valence-corrected chi connectivity index (χ3v) is 4.15. The zero-order valence-corrected chi connectivity index (χ0v) is 12.9. The van der Waals surface area contributed by atoms with Crippen LogP contribution in [0.1, 0.15) is 19.3 Å². The molecule has 2 rings (SSSR count). The van der Waals surface area contributed by atoms with Crippen LogP contribution in [0.3, 0.4) is 0 Å². The first kappa shape index (κ1) is 16.7. The highest BCUT2D eigenvalue weighted by Crippen LogP contribution is 2.26. The lowest BCUT2D eigenvalue weighted by atomic mass is 10.1. The quantitative estimate of drug-likeness (QED) is 0.834. The number of nitrogens with zero attached hydrogens (tertiary/aromatic N) is 1. The third-order valence-electron chi connectivity index (χ3n) is 3.85. The van der Waals surface area contributed by atoms with E-state index in [1.165, 1.54) is 24.1 Å². The molecule has 0 spiro atoms. The molecule has 0 heterocycles. The number of halogens is 2. The molecule has 1 aromatic carbocycles. The Kier molecular flexibility index (Phi) is 5.37. The van der Waals surface area contributed by atoms with Gasteiger partial charge in [-0.2, -0.15) is 0 Å². The first-order chi connectivity index (χ1) is 10.4. The lowest BCUT2D eigenvalue weighted by molar-refractivity contribution is -0.142. The minimum atomic E-state index is -0.850. The largest absolute Gasteiger partial charge is 0.393 e. The molecule has 0 aromatic heterocycles. The molecule has 0 bridgehead atoms. The highest BCUT2D eigenvalue weighted by Gasteiger charge is 2.29. The van der Waals surface area contributed by atoms with Gasteiger partial charge in [0.15, 0.2) is 0 Å². The van der Waals surface area contributed by atoms with Crippen LogP contribution < -0.4 is 5.32 Å². The zero-order chi connectivity index (χ0) is 16.3. The van der Waals surface area contributed by atoms with Crippen LogP contribution in [0.15, 0.2) is 18.2 Å². The van der Waals surface area contributed by atoms with Crippen LogP contribution in [0.4, 0.5) is 10.1 Å². The van der Waals surface area contributed by atoms with Crippen molar-refractivity contribution in [2.45, 2.75) is 25.4 Å². The Balaban J connectivity index is 1.93. The van der Waals surface area contributed by atoms with E-state index in [0.717, 1.165) is 25.3 Å². The Bertz CT molecular complexity index is 582. The topological polar surface area (TPSA) is 69.6 Å². The number of anilines is 1. The number of benzene rings is 1. The number of hydrogen-bond donors (Lipinski definition) is 2. The minimum Gasteiger partial charge on any atom is -0.393 e. The molecule has 2 atom stereocenters. The van der Waals surface area contributed by atoms with Crippen molar-refractivity contribution in [2.75, 3.05) is 18.9 Å². The second-order valence-corrected chi connectivity index (χ2v) is 5.93. The number of aliphatic hydroxyl groups excluding tert-OH is 1. The summed E-state index contributed by atoms with van der Waals surface area (Å²) in [7, 11) is 1.51. The van der Waals surface area contributed by atoms with E-state index < -0.39 is 23.7 Å². The van der Waals surface area contributed by atoms with Crippen LogP contribution in [0.2, 0.25) is 5.02 Å². The Labute approximate surface area is 133 Å². The molecule has 7 heteroatoms. The van der Waals surface area contributed by atoms with E-state index >= 15 is 0 Å². The summed E-state index contributed by atoms with van der Waals surface area (Å²) in [6, 6.07) is 3.77. The van der Waals surface area contributed by atoms with E-state index in [2.05, 4.69) is 5.32 Å². The lowest BCUT2D eigenvalue weighted by Crippen LogP contribution is -2.41. The Morgan fingerprint density at radius 2 is 2.18 bits per heavy atom. The van der Waals surface area contributed by atoms with Gasteiger partial charge >= 0.3 is 11.8 Å². The molecule has 5 nitrogen and oxygen atoms in total. The van der Waals surface area contributed by atoms with E-state index in [9.17, 15) is 19.1 Å². The second-order valence-electron chi connectivity index (χ2n) is 5.53. The predicted octanol–water partition coefficient (Wildman–Crippen LogP) is 2.04. The summed E-state index contributed by atoms with van der Waals surface area (Å²) in [5.74, 6) is -2.25. The van der Waals surface area contributed by atoms with Crippen molar-refractivity contribution in [1.29, 1.82) is 0 Å². The highest BCUT2D eigenvalue weighted by atomic mass is 35.5. The van der Waals surface area contributed by atoms with Crippen molar-refractivity contribution in [3.63, 3.8) is 0 Å². The number of nitrogens with one attached hydrogen (secondary N) is 1. The van der Waals surface area contributed by atoms with Gasteiger partial charge < -0.3 is 15.3 Å². The molecule has 1 saturated carbocycles. The molecule has 120 valence electrons. The monoisotopic (exact) mass is 328 g/mol. The Morgan fingerprint density at radius 1 is 1.45 bits per heavy atom. The highest BCUT2D eigenvalue weighted by molar-refractivity contribution is 6.39. The molecule has 0 saturated heterocycles. The molecule has 1 aromatic rings. The summed E-state index contributed by atoms with van der Waals surface area (Å²) in [5, 5.41) is 12.0. The number of likely N-dealkylation sites (N-methyl/N-ethyl adjacent to an activating group) is 1. The van der Waals surface area contributed by atoms with E-state index in [1.54, 1.807) is 0 Å². The van der Waals surface area contributed by atoms with Crippen LogP contribution in [0.5, 0.6) is 0 Å². The van der Waals surface area contributed by atoms with Crippen LogP contribution in [0, 0.1) is 11.7 Å². The van der Waals surface area contributed by atoms with Gasteiger partial charge in [-0.15, -0.1) is 0 Å². The van der Waals surface area contributed by atoms with Crippen molar-refractivity contribution >= 4 is 29.1 Å². The van der Waals surface area contributed by atoms with Crippen molar-refractivity contribution in [1.82, 2.24) is 4.90 Å². The molecule has 0 radical (unpaired) electrons. The number of rotatable bonds is 3. The normalized spacial score (nSPS) is 20.7. The van der Waals surface area contributed by atoms with Crippen LogP contribution in [-0.2, 0) is 9.59 Å². The van der Waals surface area contributed by atoms with Gasteiger partial charge in [0.05, 0.1) is 11.1 Å². The fraction of sp³-hybridized carbons (Fsp3) is 0.467. The standard InChI is InChI=1S/C15H18ClFN2O3/c1-19(8-9-3-2-4-13(9)20)15(22)14(21)18-10-5-6-11(16)12(17)7-10/h5-7,9,13,20H,2-4,8H2,1H3,(H,18,21). The molecule has 1 fully saturated rings. The smallest absolute Gasteiger partial charge is 0.313 e. The average molecular weight is 329 g/mol. The summed E-state index contributed by atoms with van der Waals surface area (Å²) >= 11 is 5.55. The molecular formula is C15H18ClFN2O3. The maximum atomic E-state index is 13.3. The first-order valence-electron chi connectivity index (χ1n) is 7.08. The van der Waals surface area contributed by atoms with Crippen molar-refractivity contribution in [2.24, 2.45) is 5.92 Å². The summed E-state index contributed by atoms with van der Waals surface area (Å²) in [6.07, 6.45) is 2.05. The van der Waals surface area contributed by atoms with Gasteiger partial charge in [0.25, 0.3) is 0 Å². The number of carbonyl (C=O) groups excluding carboxylic acids is 2. The fourth-order valence-electron chi connectivity index (χ4n) is 2.60. The van der Waals surface area contributed by atoms with Gasteiger partial charge in [0.2, 0.25) is 0 Å². The molecule has 2 N–H and O–H groups in total. The van der Waals surface area contributed by atoms with Crippen molar-refractivity contribution in [3.8, 4) is 0 Å². The average Bonchev–Trinajstić information content (AvgIpc) is 2.87. The van der Waals surface area contributed by atoms with Crippen molar-refractivity contribution in [3.05, 3.63) is 29.0 Å². The van der Waals surface area contributed by atoms with Crippen LogP contribution in [0.25, 0.3) is 0 Å². The molecule has 22 heavy (non-hydrogen) atoms. The van der Waals surface area contributed by atoms with Gasteiger partial charge in [-0.3, -0.25) is 9.59 Å². The van der Waals surface area contributed by atoms with Crippen LogP contribution in [-0.4, -0.2) is 41.5 Å². The number of amides is 2. The van der Waals surface area contributed by atoms with Gasteiger partial charge in [-0.25, -0.2) is 4.39 Å². The van der Waals surface area contributed by atoms with E-state index in [0.29, 0.717) is 6.54 Å². The number of aliphatic hydroxyl groups is 1. The van der Waals surface area contributed by atoms with E-state index in [-0.39, 0.29) is 16.6 Å². The third kappa shape index (κ3) is 3.96. The second kappa shape index (κ2) is 7.07. The molecule has 0 aliphatic heterocycles. The molecule has 2 amide bonds. The fourth-order valence-corrected chi connectivity index (χ4v) is 2.71. The summed E-state index contributed by atoms with van der Waals surface area (Å²) in [4.78, 5) is 25.2.